The minimum atomic E-state index is -1.18. The summed E-state index contributed by atoms with van der Waals surface area (Å²) < 4.78 is 4.87. The Bertz CT molecular complexity index is 519. The summed E-state index contributed by atoms with van der Waals surface area (Å²) in [5.41, 5.74) is 0.519. The average molecular weight is 277 g/mol. The number of benzene rings is 1. The number of hydrogen-bond acceptors (Lipinski definition) is 4. The van der Waals surface area contributed by atoms with E-state index in [0.29, 0.717) is 13.0 Å². The number of amides is 2. The van der Waals surface area contributed by atoms with Gasteiger partial charge in [0.05, 0.1) is 11.1 Å². The van der Waals surface area contributed by atoms with Gasteiger partial charge in [0.2, 0.25) is 0 Å². The maximum atomic E-state index is 12.2. The molecule has 0 bridgehead atoms. The second kappa shape index (κ2) is 5.83. The molecule has 6 heteroatoms. The summed E-state index contributed by atoms with van der Waals surface area (Å²) in [5, 5.41) is 9.26. The van der Waals surface area contributed by atoms with E-state index >= 15 is 0 Å². The van der Waals surface area contributed by atoms with Crippen LogP contribution in [-0.2, 0) is 9.53 Å². The summed E-state index contributed by atoms with van der Waals surface area (Å²) in [5.74, 6) is -2.28. The van der Waals surface area contributed by atoms with Crippen molar-refractivity contribution in [2.24, 2.45) is 0 Å². The number of aliphatic carboxylic acids is 1. The van der Waals surface area contributed by atoms with Crippen LogP contribution in [0.1, 0.15) is 33.6 Å². The number of nitrogens with zero attached hydrogens (tertiary/aromatic N) is 1. The van der Waals surface area contributed by atoms with Gasteiger partial charge in [0.1, 0.15) is 6.04 Å². The van der Waals surface area contributed by atoms with Crippen LogP contribution in [0.3, 0.4) is 0 Å². The van der Waals surface area contributed by atoms with Crippen molar-refractivity contribution in [3.8, 4) is 0 Å². The van der Waals surface area contributed by atoms with Gasteiger partial charge >= 0.3 is 5.97 Å². The molecule has 0 aromatic heterocycles. The molecule has 1 aromatic rings. The molecule has 1 unspecified atom stereocenters. The van der Waals surface area contributed by atoms with Crippen LogP contribution >= 0.6 is 0 Å². The van der Waals surface area contributed by atoms with Crippen molar-refractivity contribution < 1.29 is 24.2 Å². The van der Waals surface area contributed by atoms with Gasteiger partial charge in [0.15, 0.2) is 0 Å². The number of carboxylic acid groups (broad SMARTS) is 1. The van der Waals surface area contributed by atoms with Crippen molar-refractivity contribution in [2.45, 2.75) is 18.9 Å². The van der Waals surface area contributed by atoms with Crippen molar-refractivity contribution in [2.75, 3.05) is 13.7 Å². The van der Waals surface area contributed by atoms with E-state index < -0.39 is 23.8 Å². The third-order valence-electron chi connectivity index (χ3n) is 3.25. The first kappa shape index (κ1) is 14.2. The Kier molecular flexibility index (Phi) is 4.14. The number of carbonyl (C=O) groups excluding carboxylic acids is 2. The molecule has 106 valence electrons. The molecular formula is C14H15NO5. The molecule has 0 saturated carbocycles. The fourth-order valence-corrected chi connectivity index (χ4v) is 2.27. The molecule has 2 rings (SSSR count). The number of methoxy groups -OCH3 is 1. The van der Waals surface area contributed by atoms with Crippen LogP contribution in [0.4, 0.5) is 0 Å². The molecule has 1 heterocycles. The van der Waals surface area contributed by atoms with Gasteiger partial charge in [-0.25, -0.2) is 4.79 Å². The topological polar surface area (TPSA) is 83.9 Å². The Morgan fingerprint density at radius 3 is 2.25 bits per heavy atom. The van der Waals surface area contributed by atoms with Crippen molar-refractivity contribution >= 4 is 17.8 Å². The van der Waals surface area contributed by atoms with E-state index in [1.807, 2.05) is 0 Å². The minimum absolute atomic E-state index is 0.175. The number of fused-ring (bicyclic) bond motifs is 1. The fraction of sp³-hybridized carbons (Fsp3) is 0.357. The number of carboxylic acids is 1. The molecule has 0 radical (unpaired) electrons. The lowest BCUT2D eigenvalue weighted by Crippen LogP contribution is -2.44. The fourth-order valence-electron chi connectivity index (χ4n) is 2.27. The second-order valence-electron chi connectivity index (χ2n) is 4.51. The number of imide groups is 1. The van der Waals surface area contributed by atoms with Crippen molar-refractivity contribution in [1.29, 1.82) is 0 Å². The lowest BCUT2D eigenvalue weighted by molar-refractivity contribution is -0.141. The summed E-state index contributed by atoms with van der Waals surface area (Å²) in [4.78, 5) is 36.6. The lowest BCUT2D eigenvalue weighted by Gasteiger charge is -2.22. The van der Waals surface area contributed by atoms with Gasteiger partial charge < -0.3 is 9.84 Å². The SMILES string of the molecule is COCCCC(C(=O)O)N1C(=O)c2ccccc2C1=O. The van der Waals surface area contributed by atoms with E-state index in [0.717, 1.165) is 4.90 Å². The number of ether oxygens (including phenoxy) is 1. The van der Waals surface area contributed by atoms with Crippen LogP contribution in [-0.4, -0.2) is 47.5 Å². The Morgan fingerprint density at radius 2 is 1.80 bits per heavy atom. The minimum Gasteiger partial charge on any atom is -0.480 e. The van der Waals surface area contributed by atoms with E-state index in [4.69, 9.17) is 4.74 Å². The van der Waals surface area contributed by atoms with E-state index in [2.05, 4.69) is 0 Å². The maximum Gasteiger partial charge on any atom is 0.326 e. The summed E-state index contributed by atoms with van der Waals surface area (Å²) in [7, 11) is 1.51. The average Bonchev–Trinajstić information content (AvgIpc) is 2.68. The Balaban J connectivity index is 2.25. The standard InChI is InChI=1S/C14H15NO5/c1-20-8-4-7-11(14(18)19)15-12(16)9-5-2-3-6-10(9)13(15)17/h2-3,5-6,11H,4,7-8H2,1H3,(H,18,19). The maximum absolute atomic E-state index is 12.2. The van der Waals surface area contributed by atoms with Gasteiger partial charge in [0.25, 0.3) is 11.8 Å². The van der Waals surface area contributed by atoms with Crippen LogP contribution in [0.25, 0.3) is 0 Å². The Morgan fingerprint density at radius 1 is 1.25 bits per heavy atom. The van der Waals surface area contributed by atoms with Crippen molar-refractivity contribution in [1.82, 2.24) is 4.90 Å². The van der Waals surface area contributed by atoms with E-state index in [-0.39, 0.29) is 17.5 Å². The first-order chi connectivity index (χ1) is 9.57. The zero-order valence-electron chi connectivity index (χ0n) is 11.0. The van der Waals surface area contributed by atoms with Crippen LogP contribution in [0.5, 0.6) is 0 Å². The number of hydrogen-bond donors (Lipinski definition) is 1. The molecule has 1 aliphatic heterocycles. The van der Waals surface area contributed by atoms with Gasteiger partial charge in [-0.05, 0) is 25.0 Å². The molecular weight excluding hydrogens is 262 g/mol. The highest BCUT2D eigenvalue weighted by atomic mass is 16.5. The number of rotatable bonds is 6. The van der Waals surface area contributed by atoms with Crippen LogP contribution < -0.4 is 0 Å². The van der Waals surface area contributed by atoms with Gasteiger partial charge in [-0.3, -0.25) is 14.5 Å². The summed E-state index contributed by atoms with van der Waals surface area (Å²) in [6.45, 7) is 0.382. The predicted molar refractivity (Wildman–Crippen MR) is 69.5 cm³/mol. The molecule has 1 N–H and O–H groups in total. The summed E-state index contributed by atoms with van der Waals surface area (Å²) in [6, 6.07) is 5.20. The smallest absolute Gasteiger partial charge is 0.326 e. The number of carbonyl (C=O) groups is 3. The predicted octanol–water partition coefficient (Wildman–Crippen LogP) is 1.16. The first-order valence-corrected chi connectivity index (χ1v) is 6.26. The highest BCUT2D eigenvalue weighted by Gasteiger charge is 2.42. The highest BCUT2D eigenvalue weighted by molar-refractivity contribution is 6.22. The quantitative estimate of drug-likeness (QED) is 0.623. The Labute approximate surface area is 115 Å². The van der Waals surface area contributed by atoms with Gasteiger partial charge in [0, 0.05) is 13.7 Å². The largest absolute Gasteiger partial charge is 0.480 e. The molecule has 6 nitrogen and oxygen atoms in total. The summed E-state index contributed by atoms with van der Waals surface area (Å²) >= 11 is 0. The molecule has 1 aliphatic rings. The van der Waals surface area contributed by atoms with Crippen LogP contribution in [0.15, 0.2) is 24.3 Å². The third-order valence-corrected chi connectivity index (χ3v) is 3.25. The monoisotopic (exact) mass is 277 g/mol. The van der Waals surface area contributed by atoms with Gasteiger partial charge in [-0.1, -0.05) is 12.1 Å². The molecule has 0 saturated heterocycles. The second-order valence-corrected chi connectivity index (χ2v) is 4.51. The highest BCUT2D eigenvalue weighted by Crippen LogP contribution is 2.26. The van der Waals surface area contributed by atoms with Crippen LogP contribution in [0.2, 0.25) is 0 Å². The molecule has 0 fully saturated rings. The summed E-state index contributed by atoms with van der Waals surface area (Å²) in [6.07, 6.45) is 0.634. The van der Waals surface area contributed by atoms with Crippen molar-refractivity contribution in [3.05, 3.63) is 35.4 Å². The Hall–Kier alpha value is -2.21. The molecule has 2 amide bonds. The molecule has 0 spiro atoms. The van der Waals surface area contributed by atoms with Crippen LogP contribution in [0, 0.1) is 0 Å². The first-order valence-electron chi connectivity index (χ1n) is 6.26. The van der Waals surface area contributed by atoms with E-state index in [9.17, 15) is 19.5 Å². The van der Waals surface area contributed by atoms with E-state index in [1.165, 1.54) is 19.2 Å². The lowest BCUT2D eigenvalue weighted by atomic mass is 10.1. The van der Waals surface area contributed by atoms with Gasteiger partial charge in [-0.15, -0.1) is 0 Å². The van der Waals surface area contributed by atoms with Crippen molar-refractivity contribution in [3.63, 3.8) is 0 Å². The molecule has 1 atom stereocenters. The normalized spacial score (nSPS) is 15.3. The third kappa shape index (κ3) is 2.42. The zero-order chi connectivity index (χ0) is 14.7. The molecule has 1 aromatic carbocycles. The molecule has 0 aliphatic carbocycles. The molecule has 20 heavy (non-hydrogen) atoms. The zero-order valence-corrected chi connectivity index (χ0v) is 11.0. The van der Waals surface area contributed by atoms with E-state index in [1.54, 1.807) is 12.1 Å². The van der Waals surface area contributed by atoms with Gasteiger partial charge in [-0.2, -0.15) is 0 Å².